The second kappa shape index (κ2) is 38.0. The maximum absolute atomic E-state index is 12.5. The third-order valence-corrected chi connectivity index (χ3v) is 9.89. The molecule has 0 radical (unpaired) electrons. The fourth-order valence-corrected chi connectivity index (χ4v) is 6.61. The highest BCUT2D eigenvalue weighted by molar-refractivity contribution is 5.69. The lowest BCUT2D eigenvalue weighted by molar-refractivity contribution is -0.151. The Balaban J connectivity index is 2.12. The molecule has 51 heavy (non-hydrogen) atoms. The van der Waals surface area contributed by atoms with Gasteiger partial charge < -0.3 is 19.3 Å². The van der Waals surface area contributed by atoms with E-state index in [9.17, 15) is 9.90 Å². The van der Waals surface area contributed by atoms with Gasteiger partial charge in [-0.25, -0.2) is 0 Å². The largest absolute Gasteiger partial charge is 0.463 e. The highest BCUT2D eigenvalue weighted by Gasteiger charge is 2.26. The van der Waals surface area contributed by atoms with E-state index in [2.05, 4.69) is 62.5 Å². The van der Waals surface area contributed by atoms with Crippen LogP contribution < -0.4 is 0 Å². The Kier molecular flexibility index (Phi) is 35.3. The summed E-state index contributed by atoms with van der Waals surface area (Å²) in [7, 11) is 0. The van der Waals surface area contributed by atoms with Crippen molar-refractivity contribution >= 4 is 5.97 Å². The first-order valence-electron chi connectivity index (χ1n) is 21.8. The normalized spacial score (nSPS) is 17.2. The van der Waals surface area contributed by atoms with Crippen LogP contribution in [-0.2, 0) is 19.0 Å². The first-order chi connectivity index (χ1) is 25.2. The van der Waals surface area contributed by atoms with Crippen molar-refractivity contribution in [2.45, 2.75) is 206 Å². The fraction of sp³-hybridized carbons (Fsp3) is 0.804. The van der Waals surface area contributed by atoms with Gasteiger partial charge in [-0.3, -0.25) is 4.79 Å². The highest BCUT2D eigenvalue weighted by Crippen LogP contribution is 2.28. The molecule has 296 valence electrons. The molecule has 1 aliphatic rings. The number of rotatable bonds is 37. The molecule has 0 heterocycles. The number of hydrogen-bond donors (Lipinski definition) is 1. The van der Waals surface area contributed by atoms with Crippen LogP contribution in [-0.4, -0.2) is 49.7 Å². The monoisotopic (exact) mass is 715 g/mol. The van der Waals surface area contributed by atoms with E-state index in [1.165, 1.54) is 128 Å². The lowest BCUT2D eigenvalue weighted by Gasteiger charge is -2.19. The number of allylic oxidation sites excluding steroid dienone is 8. The number of unbranched alkanes of at least 4 members (excludes halogenated alkanes) is 18. The molecule has 1 rings (SSSR count). The topological polar surface area (TPSA) is 65.0 Å². The number of carbonyl (C=O) groups is 1. The molecule has 3 atom stereocenters. The highest BCUT2D eigenvalue weighted by atomic mass is 16.6. The minimum absolute atomic E-state index is 0.179. The van der Waals surface area contributed by atoms with Crippen LogP contribution in [0.5, 0.6) is 0 Å². The predicted octanol–water partition coefficient (Wildman–Crippen LogP) is 13.1. The average Bonchev–Trinajstić information content (AvgIpc) is 3.54. The van der Waals surface area contributed by atoms with Crippen molar-refractivity contribution in [2.24, 2.45) is 5.92 Å². The third-order valence-electron chi connectivity index (χ3n) is 9.89. The quantitative estimate of drug-likeness (QED) is 0.0394. The summed E-state index contributed by atoms with van der Waals surface area (Å²) in [6, 6.07) is 0. The van der Waals surface area contributed by atoms with Crippen molar-refractivity contribution < 1.29 is 24.1 Å². The summed E-state index contributed by atoms with van der Waals surface area (Å²) < 4.78 is 17.8. The lowest BCUT2D eigenvalue weighted by atomic mass is 10.0. The van der Waals surface area contributed by atoms with E-state index in [0.717, 1.165) is 45.1 Å². The lowest BCUT2D eigenvalue weighted by Crippen LogP contribution is -2.28. The zero-order valence-electron chi connectivity index (χ0n) is 33.6. The van der Waals surface area contributed by atoms with Crippen LogP contribution >= 0.6 is 0 Å². The third kappa shape index (κ3) is 33.9. The molecule has 3 unspecified atom stereocenters. The maximum atomic E-state index is 12.5. The van der Waals surface area contributed by atoms with Crippen molar-refractivity contribution in [1.82, 2.24) is 0 Å². The molecule has 0 aromatic heterocycles. The second-order valence-corrected chi connectivity index (χ2v) is 15.0. The smallest absolute Gasteiger partial charge is 0.306 e. The summed E-state index contributed by atoms with van der Waals surface area (Å²) in [4.78, 5) is 12.5. The van der Waals surface area contributed by atoms with E-state index in [1.807, 2.05) is 0 Å². The Bertz CT molecular complexity index is 862. The number of esters is 1. The van der Waals surface area contributed by atoms with Crippen molar-refractivity contribution in [1.29, 1.82) is 0 Å². The van der Waals surface area contributed by atoms with Crippen LogP contribution in [0, 0.1) is 5.92 Å². The van der Waals surface area contributed by atoms with E-state index >= 15 is 0 Å². The number of aliphatic hydroxyl groups is 1. The Morgan fingerprint density at radius 2 is 1.06 bits per heavy atom. The van der Waals surface area contributed by atoms with Gasteiger partial charge in [0.25, 0.3) is 0 Å². The average molecular weight is 715 g/mol. The van der Waals surface area contributed by atoms with E-state index in [0.29, 0.717) is 26.1 Å². The van der Waals surface area contributed by atoms with Crippen LogP contribution in [0.25, 0.3) is 0 Å². The van der Waals surface area contributed by atoms with Gasteiger partial charge >= 0.3 is 5.97 Å². The summed E-state index contributed by atoms with van der Waals surface area (Å²) in [5.74, 6) is 0.0618. The van der Waals surface area contributed by atoms with Gasteiger partial charge in [0, 0.05) is 19.6 Å². The SMILES string of the molecule is CCCCC/C=C\C/C=C\CCCCCCCCOCC(COC(=O)CC1CCC(O)C1)OCCCCCCCC/C=C\C/C=C\CCCCC. The van der Waals surface area contributed by atoms with Crippen molar-refractivity contribution in [2.75, 3.05) is 26.4 Å². The van der Waals surface area contributed by atoms with Crippen LogP contribution in [0.1, 0.15) is 194 Å². The van der Waals surface area contributed by atoms with Gasteiger partial charge in [-0.2, -0.15) is 0 Å². The molecule has 0 bridgehead atoms. The van der Waals surface area contributed by atoms with Gasteiger partial charge in [0.1, 0.15) is 12.7 Å². The number of ether oxygens (including phenoxy) is 3. The van der Waals surface area contributed by atoms with Crippen molar-refractivity contribution in [3.63, 3.8) is 0 Å². The Morgan fingerprint density at radius 3 is 1.55 bits per heavy atom. The Morgan fingerprint density at radius 1 is 0.588 bits per heavy atom. The molecular formula is C46H82O5. The maximum Gasteiger partial charge on any atom is 0.306 e. The van der Waals surface area contributed by atoms with Crippen LogP contribution in [0.15, 0.2) is 48.6 Å². The number of carbonyl (C=O) groups excluding carboxylic acids is 1. The number of hydrogen-bond acceptors (Lipinski definition) is 5. The zero-order chi connectivity index (χ0) is 36.7. The van der Waals surface area contributed by atoms with Gasteiger partial charge in [-0.1, -0.05) is 140 Å². The fourth-order valence-electron chi connectivity index (χ4n) is 6.61. The molecule has 0 saturated heterocycles. The molecule has 1 aliphatic carbocycles. The van der Waals surface area contributed by atoms with Crippen LogP contribution in [0.2, 0.25) is 0 Å². The minimum atomic E-state index is -0.263. The first kappa shape index (κ1) is 47.3. The van der Waals surface area contributed by atoms with Gasteiger partial charge in [0.15, 0.2) is 0 Å². The van der Waals surface area contributed by atoms with E-state index < -0.39 is 0 Å². The molecular weight excluding hydrogens is 633 g/mol. The van der Waals surface area contributed by atoms with E-state index in [4.69, 9.17) is 14.2 Å². The first-order valence-corrected chi connectivity index (χ1v) is 21.8. The molecule has 0 aliphatic heterocycles. The van der Waals surface area contributed by atoms with Crippen LogP contribution in [0.4, 0.5) is 0 Å². The summed E-state index contributed by atoms with van der Waals surface area (Å²) in [5, 5.41) is 9.79. The molecule has 5 heteroatoms. The number of aliphatic hydroxyl groups excluding tert-OH is 1. The molecule has 1 fully saturated rings. The van der Waals surface area contributed by atoms with Gasteiger partial charge in [-0.15, -0.1) is 0 Å². The standard InChI is InChI=1S/C46H82O5/c1-3-5-7-9-11-13-15-17-19-21-23-25-27-29-31-33-37-49-41-45(42-51-46(48)40-43-35-36-44(47)39-43)50-38-34-32-30-28-26-24-22-20-18-16-14-12-10-8-6-4-2/h11-14,17-20,43-45,47H,3-10,15-16,21-42H2,1-2H3/b13-11-,14-12-,19-17-,20-18-. The second-order valence-electron chi connectivity index (χ2n) is 15.0. The van der Waals surface area contributed by atoms with E-state index in [1.54, 1.807) is 0 Å². The van der Waals surface area contributed by atoms with Gasteiger partial charge in [0.05, 0.1) is 12.7 Å². The summed E-state index contributed by atoms with van der Waals surface area (Å²) in [6.07, 6.45) is 50.4. The molecule has 0 spiro atoms. The summed E-state index contributed by atoms with van der Waals surface area (Å²) in [5.41, 5.74) is 0. The summed E-state index contributed by atoms with van der Waals surface area (Å²) in [6.45, 7) is 6.64. The molecule has 0 aromatic carbocycles. The Hall–Kier alpha value is -1.69. The molecule has 0 aromatic rings. The molecule has 0 amide bonds. The van der Waals surface area contributed by atoms with Crippen molar-refractivity contribution in [3.05, 3.63) is 48.6 Å². The minimum Gasteiger partial charge on any atom is -0.463 e. The molecule has 1 N–H and O–H groups in total. The van der Waals surface area contributed by atoms with Gasteiger partial charge in [-0.05, 0) is 102 Å². The summed E-state index contributed by atoms with van der Waals surface area (Å²) >= 11 is 0. The molecule has 5 nitrogen and oxygen atoms in total. The predicted molar refractivity (Wildman–Crippen MR) is 218 cm³/mol. The van der Waals surface area contributed by atoms with E-state index in [-0.39, 0.29) is 30.7 Å². The molecule has 1 saturated carbocycles. The van der Waals surface area contributed by atoms with Crippen LogP contribution in [0.3, 0.4) is 0 Å². The van der Waals surface area contributed by atoms with Crippen molar-refractivity contribution in [3.8, 4) is 0 Å². The Labute approximate surface area is 316 Å². The zero-order valence-corrected chi connectivity index (χ0v) is 33.6. The van der Waals surface area contributed by atoms with Gasteiger partial charge in [0.2, 0.25) is 0 Å².